The zero-order valence-electron chi connectivity index (χ0n) is 11.6. The van der Waals surface area contributed by atoms with Gasteiger partial charge in [0, 0.05) is 19.0 Å². The molecule has 0 saturated heterocycles. The molecule has 6 nitrogen and oxygen atoms in total. The fourth-order valence-electron chi connectivity index (χ4n) is 2.06. The molecule has 3 rings (SSSR count). The van der Waals surface area contributed by atoms with E-state index in [2.05, 4.69) is 15.5 Å². The molecule has 0 aliphatic rings. The standard InChI is InChI=1S/C15H15N3O3/c1-10-8-11(21-18-10)9-14(19)16-7-6-15-17-12-4-2-3-5-13(12)20-15/h2-5,8H,6-7,9H2,1H3,(H,16,19). The van der Waals surface area contributed by atoms with Crippen molar-refractivity contribution in [1.82, 2.24) is 15.5 Å². The second-order valence-electron chi connectivity index (χ2n) is 4.79. The van der Waals surface area contributed by atoms with E-state index in [-0.39, 0.29) is 12.3 Å². The number of rotatable bonds is 5. The van der Waals surface area contributed by atoms with E-state index < -0.39 is 0 Å². The van der Waals surface area contributed by atoms with Gasteiger partial charge >= 0.3 is 0 Å². The Labute approximate surface area is 121 Å². The van der Waals surface area contributed by atoms with Crippen molar-refractivity contribution < 1.29 is 13.7 Å². The maximum atomic E-state index is 11.7. The molecule has 1 amide bonds. The molecule has 0 saturated carbocycles. The van der Waals surface area contributed by atoms with E-state index in [0.717, 1.165) is 16.8 Å². The molecule has 1 aromatic carbocycles. The number of carbonyl (C=O) groups excluding carboxylic acids is 1. The van der Waals surface area contributed by atoms with Crippen molar-refractivity contribution in [2.75, 3.05) is 6.54 Å². The Balaban J connectivity index is 1.50. The molecule has 0 aliphatic heterocycles. The maximum absolute atomic E-state index is 11.7. The summed E-state index contributed by atoms with van der Waals surface area (Å²) >= 11 is 0. The Morgan fingerprint density at radius 3 is 2.95 bits per heavy atom. The van der Waals surface area contributed by atoms with Gasteiger partial charge in [-0.3, -0.25) is 4.79 Å². The summed E-state index contributed by atoms with van der Waals surface area (Å²) in [6.07, 6.45) is 0.740. The van der Waals surface area contributed by atoms with Crippen LogP contribution in [-0.4, -0.2) is 22.6 Å². The van der Waals surface area contributed by atoms with Crippen LogP contribution in [-0.2, 0) is 17.6 Å². The zero-order chi connectivity index (χ0) is 14.7. The highest BCUT2D eigenvalue weighted by Gasteiger charge is 2.09. The van der Waals surface area contributed by atoms with Gasteiger partial charge in [-0.2, -0.15) is 0 Å². The third-order valence-corrected chi connectivity index (χ3v) is 3.01. The lowest BCUT2D eigenvalue weighted by atomic mass is 10.3. The molecule has 0 unspecified atom stereocenters. The second-order valence-corrected chi connectivity index (χ2v) is 4.79. The fourth-order valence-corrected chi connectivity index (χ4v) is 2.06. The topological polar surface area (TPSA) is 81.2 Å². The highest BCUT2D eigenvalue weighted by Crippen LogP contribution is 2.14. The minimum Gasteiger partial charge on any atom is -0.441 e. The summed E-state index contributed by atoms with van der Waals surface area (Å²) in [6.45, 7) is 2.29. The molecule has 2 aromatic heterocycles. The molecule has 108 valence electrons. The zero-order valence-corrected chi connectivity index (χ0v) is 11.6. The van der Waals surface area contributed by atoms with Gasteiger partial charge in [-0.25, -0.2) is 4.98 Å². The first-order valence-electron chi connectivity index (χ1n) is 6.74. The number of nitrogens with one attached hydrogen (secondary N) is 1. The van der Waals surface area contributed by atoms with Crippen molar-refractivity contribution in [3.63, 3.8) is 0 Å². The van der Waals surface area contributed by atoms with Gasteiger partial charge in [0.1, 0.15) is 11.3 Å². The summed E-state index contributed by atoms with van der Waals surface area (Å²) in [5.74, 6) is 1.07. The van der Waals surface area contributed by atoms with Crippen LogP contribution < -0.4 is 5.32 Å². The van der Waals surface area contributed by atoms with E-state index in [9.17, 15) is 4.79 Å². The Hall–Kier alpha value is -2.63. The lowest BCUT2D eigenvalue weighted by Gasteiger charge is -2.01. The summed E-state index contributed by atoms with van der Waals surface area (Å²) in [7, 11) is 0. The van der Waals surface area contributed by atoms with Crippen molar-refractivity contribution in [3.8, 4) is 0 Å². The summed E-state index contributed by atoms with van der Waals surface area (Å²) in [6, 6.07) is 9.33. The van der Waals surface area contributed by atoms with Crippen molar-refractivity contribution in [2.45, 2.75) is 19.8 Å². The first-order valence-corrected chi connectivity index (χ1v) is 6.74. The molecule has 0 radical (unpaired) electrons. The highest BCUT2D eigenvalue weighted by atomic mass is 16.5. The first-order chi connectivity index (χ1) is 10.2. The van der Waals surface area contributed by atoms with Crippen molar-refractivity contribution in [3.05, 3.63) is 47.7 Å². The molecule has 3 aromatic rings. The van der Waals surface area contributed by atoms with Gasteiger partial charge in [-0.05, 0) is 19.1 Å². The highest BCUT2D eigenvalue weighted by molar-refractivity contribution is 5.77. The van der Waals surface area contributed by atoms with Gasteiger partial charge in [0.05, 0.1) is 12.1 Å². The number of hydrogen-bond donors (Lipinski definition) is 1. The number of oxazole rings is 1. The summed E-state index contributed by atoms with van der Waals surface area (Å²) in [5, 5.41) is 6.55. The minimum atomic E-state index is -0.109. The normalized spacial score (nSPS) is 10.9. The largest absolute Gasteiger partial charge is 0.441 e. The van der Waals surface area contributed by atoms with Crippen molar-refractivity contribution in [2.24, 2.45) is 0 Å². The van der Waals surface area contributed by atoms with E-state index >= 15 is 0 Å². The maximum Gasteiger partial charge on any atom is 0.227 e. The summed E-state index contributed by atoms with van der Waals surface area (Å²) < 4.78 is 10.6. The van der Waals surface area contributed by atoms with Gasteiger partial charge in [-0.15, -0.1) is 0 Å². The van der Waals surface area contributed by atoms with E-state index in [1.54, 1.807) is 6.07 Å². The molecular formula is C15H15N3O3. The summed E-state index contributed by atoms with van der Waals surface area (Å²) in [4.78, 5) is 16.1. The van der Waals surface area contributed by atoms with Crippen LogP contribution in [0.5, 0.6) is 0 Å². The van der Waals surface area contributed by atoms with Crippen LogP contribution in [0.1, 0.15) is 17.3 Å². The fraction of sp³-hybridized carbons (Fsp3) is 0.267. The molecule has 2 heterocycles. The molecule has 0 bridgehead atoms. The predicted octanol–water partition coefficient (Wildman–Crippen LogP) is 2.03. The van der Waals surface area contributed by atoms with Gasteiger partial charge in [-0.1, -0.05) is 17.3 Å². The van der Waals surface area contributed by atoms with Gasteiger partial charge < -0.3 is 14.3 Å². The lowest BCUT2D eigenvalue weighted by Crippen LogP contribution is -2.27. The van der Waals surface area contributed by atoms with Crippen LogP contribution in [0.3, 0.4) is 0 Å². The number of fused-ring (bicyclic) bond motifs is 1. The smallest absolute Gasteiger partial charge is 0.227 e. The Bertz CT molecular complexity index is 727. The molecular weight excluding hydrogens is 270 g/mol. The third kappa shape index (κ3) is 3.28. The lowest BCUT2D eigenvalue weighted by molar-refractivity contribution is -0.120. The van der Waals surface area contributed by atoms with Crippen LogP contribution in [0.2, 0.25) is 0 Å². The van der Waals surface area contributed by atoms with Crippen LogP contribution in [0.4, 0.5) is 0 Å². The quantitative estimate of drug-likeness (QED) is 0.775. The van der Waals surface area contributed by atoms with Gasteiger partial charge in [0.2, 0.25) is 5.91 Å². The molecule has 0 fully saturated rings. The van der Waals surface area contributed by atoms with Gasteiger partial charge in [0.15, 0.2) is 11.5 Å². The number of aryl methyl sites for hydroxylation is 1. The van der Waals surface area contributed by atoms with Crippen LogP contribution in [0.25, 0.3) is 11.1 Å². The van der Waals surface area contributed by atoms with E-state index in [1.807, 2.05) is 31.2 Å². The van der Waals surface area contributed by atoms with E-state index in [0.29, 0.717) is 24.6 Å². The second kappa shape index (κ2) is 5.78. The number of aromatic nitrogens is 2. The van der Waals surface area contributed by atoms with Crippen molar-refractivity contribution in [1.29, 1.82) is 0 Å². The average Bonchev–Trinajstić information content (AvgIpc) is 3.04. The molecule has 0 atom stereocenters. The Morgan fingerprint density at radius 1 is 1.33 bits per heavy atom. The predicted molar refractivity (Wildman–Crippen MR) is 75.7 cm³/mol. The van der Waals surface area contributed by atoms with E-state index in [1.165, 1.54) is 0 Å². The van der Waals surface area contributed by atoms with Crippen LogP contribution in [0.15, 0.2) is 39.3 Å². The number of para-hydroxylation sites is 2. The number of carbonyl (C=O) groups is 1. The van der Waals surface area contributed by atoms with Crippen LogP contribution in [0, 0.1) is 6.92 Å². The Kier molecular flexibility index (Phi) is 3.68. The number of nitrogens with zero attached hydrogens (tertiary/aromatic N) is 2. The molecule has 6 heteroatoms. The molecule has 0 aliphatic carbocycles. The summed E-state index contributed by atoms with van der Waals surface area (Å²) in [5.41, 5.74) is 2.36. The number of amides is 1. The molecule has 21 heavy (non-hydrogen) atoms. The molecule has 1 N–H and O–H groups in total. The Morgan fingerprint density at radius 2 is 2.19 bits per heavy atom. The SMILES string of the molecule is Cc1cc(CC(=O)NCCc2nc3ccccc3o2)on1. The van der Waals surface area contributed by atoms with Crippen molar-refractivity contribution >= 4 is 17.0 Å². The van der Waals surface area contributed by atoms with E-state index in [4.69, 9.17) is 8.94 Å². The number of hydrogen-bond acceptors (Lipinski definition) is 5. The first kappa shape index (κ1) is 13.4. The minimum absolute atomic E-state index is 0.109. The monoisotopic (exact) mass is 285 g/mol. The average molecular weight is 285 g/mol. The number of benzene rings is 1. The van der Waals surface area contributed by atoms with Gasteiger partial charge in [0.25, 0.3) is 0 Å². The third-order valence-electron chi connectivity index (χ3n) is 3.01. The molecule has 0 spiro atoms. The van der Waals surface area contributed by atoms with Crippen LogP contribution >= 0.6 is 0 Å².